The van der Waals surface area contributed by atoms with E-state index < -0.39 is 27.5 Å². The maximum Gasteiger partial charge on any atom is 0.433 e. The minimum Gasteiger partial charge on any atom is -0.400 e. The number of benzene rings is 2. The van der Waals surface area contributed by atoms with E-state index in [9.17, 15) is 29.4 Å². The quantitative estimate of drug-likeness (QED) is 0.236. The van der Waals surface area contributed by atoms with Crippen molar-refractivity contribution in [3.63, 3.8) is 0 Å². The van der Waals surface area contributed by atoms with Gasteiger partial charge in [-0.05, 0) is 30.3 Å². The van der Waals surface area contributed by atoms with Crippen molar-refractivity contribution in [2.45, 2.75) is 0 Å². The Morgan fingerprint density at radius 2 is 1.94 bits per heavy atom. The van der Waals surface area contributed by atoms with Gasteiger partial charge in [-0.1, -0.05) is 17.4 Å². The minimum atomic E-state index is -0.759. The van der Waals surface area contributed by atoms with Crippen molar-refractivity contribution in [1.29, 1.82) is 0 Å². The molecular formula is C19H10FN5O6S. The molecule has 0 atom stereocenters. The molecule has 0 bridgehead atoms. The van der Waals surface area contributed by atoms with Crippen LogP contribution in [0.2, 0.25) is 0 Å². The van der Waals surface area contributed by atoms with Gasteiger partial charge in [0.2, 0.25) is 5.13 Å². The average Bonchev–Trinajstić information content (AvgIpc) is 3.40. The van der Waals surface area contributed by atoms with Gasteiger partial charge >= 0.3 is 5.88 Å². The summed E-state index contributed by atoms with van der Waals surface area (Å²) in [5.74, 6) is -1.78. The maximum absolute atomic E-state index is 13.6. The monoisotopic (exact) mass is 455 g/mol. The fourth-order valence-corrected chi connectivity index (χ4v) is 3.61. The number of thiazole rings is 1. The van der Waals surface area contributed by atoms with Gasteiger partial charge in [-0.2, -0.15) is 10.1 Å². The number of fused-ring (bicyclic) bond motifs is 1. The summed E-state index contributed by atoms with van der Waals surface area (Å²) in [4.78, 5) is 37.9. The van der Waals surface area contributed by atoms with Crippen LogP contribution in [0.4, 0.5) is 21.1 Å². The first kappa shape index (κ1) is 20.7. The molecule has 0 saturated carbocycles. The molecule has 0 saturated heterocycles. The van der Waals surface area contributed by atoms with E-state index in [0.29, 0.717) is 10.2 Å². The second kappa shape index (κ2) is 8.31. The molecule has 2 aromatic heterocycles. The maximum atomic E-state index is 13.6. The SMILES string of the molecule is O=C(c1cccc([N+](=O)[O-])c1)N(/N=C/c1ccc([N+](=O)[O-])o1)c1nc2ccc(F)cc2s1. The lowest BCUT2D eigenvalue weighted by Gasteiger charge is -2.13. The molecule has 0 aliphatic rings. The van der Waals surface area contributed by atoms with E-state index in [0.717, 1.165) is 34.7 Å². The van der Waals surface area contributed by atoms with Crippen molar-refractivity contribution >= 4 is 50.4 Å². The highest BCUT2D eigenvalue weighted by atomic mass is 32.1. The number of aromatic nitrogens is 1. The van der Waals surface area contributed by atoms with E-state index in [1.165, 1.54) is 42.5 Å². The van der Waals surface area contributed by atoms with Gasteiger partial charge in [0.25, 0.3) is 11.6 Å². The number of hydrazone groups is 1. The first-order valence-corrected chi connectivity index (χ1v) is 9.56. The van der Waals surface area contributed by atoms with Crippen molar-refractivity contribution in [3.8, 4) is 0 Å². The smallest absolute Gasteiger partial charge is 0.400 e. The Hall–Kier alpha value is -4.52. The Balaban J connectivity index is 1.76. The molecule has 2 heterocycles. The summed E-state index contributed by atoms with van der Waals surface area (Å²) in [6.07, 6.45) is 1.06. The fraction of sp³-hybridized carbons (Fsp3) is 0. The van der Waals surface area contributed by atoms with Crippen molar-refractivity contribution in [1.82, 2.24) is 4.98 Å². The molecule has 0 aliphatic heterocycles. The number of non-ortho nitro benzene ring substituents is 1. The summed E-state index contributed by atoms with van der Waals surface area (Å²) in [7, 11) is 0. The number of hydrogen-bond donors (Lipinski definition) is 0. The van der Waals surface area contributed by atoms with E-state index in [1.807, 2.05) is 0 Å². The fourth-order valence-electron chi connectivity index (χ4n) is 2.66. The van der Waals surface area contributed by atoms with Crippen LogP contribution in [0, 0.1) is 26.0 Å². The molecule has 11 nitrogen and oxygen atoms in total. The number of halogens is 1. The summed E-state index contributed by atoms with van der Waals surface area (Å²) >= 11 is 0.966. The van der Waals surface area contributed by atoms with Crippen LogP contribution >= 0.6 is 11.3 Å². The van der Waals surface area contributed by atoms with Crippen LogP contribution in [0.5, 0.6) is 0 Å². The Morgan fingerprint density at radius 1 is 1.12 bits per heavy atom. The number of rotatable bonds is 6. The molecule has 2 aromatic carbocycles. The predicted octanol–water partition coefficient (Wildman–Crippen LogP) is 4.53. The lowest BCUT2D eigenvalue weighted by Crippen LogP contribution is -2.25. The number of anilines is 1. The average molecular weight is 455 g/mol. The van der Waals surface area contributed by atoms with Gasteiger partial charge in [-0.15, -0.1) is 0 Å². The van der Waals surface area contributed by atoms with Crippen molar-refractivity contribution in [2.75, 3.05) is 5.01 Å². The number of nitro benzene ring substituents is 1. The van der Waals surface area contributed by atoms with Crippen molar-refractivity contribution < 1.29 is 23.4 Å². The summed E-state index contributed by atoms with van der Waals surface area (Å²) in [5.41, 5.74) is 0.0621. The molecule has 1 amide bonds. The van der Waals surface area contributed by atoms with Crippen LogP contribution in [0.15, 0.2) is 64.1 Å². The van der Waals surface area contributed by atoms with Crippen LogP contribution in [0.1, 0.15) is 16.1 Å². The van der Waals surface area contributed by atoms with Gasteiger partial charge in [0.15, 0.2) is 5.76 Å². The molecule has 0 fully saturated rings. The zero-order valence-corrected chi connectivity index (χ0v) is 16.6. The zero-order chi connectivity index (χ0) is 22.8. The molecule has 0 spiro atoms. The van der Waals surface area contributed by atoms with Crippen LogP contribution in [0.25, 0.3) is 10.2 Å². The number of hydrogen-bond acceptors (Lipinski definition) is 9. The van der Waals surface area contributed by atoms with Crippen molar-refractivity contribution in [2.24, 2.45) is 5.10 Å². The normalized spacial score (nSPS) is 11.2. The number of nitrogens with zero attached hydrogens (tertiary/aromatic N) is 5. The molecule has 0 aliphatic carbocycles. The topological polar surface area (TPSA) is 145 Å². The third-order valence-electron chi connectivity index (χ3n) is 4.11. The van der Waals surface area contributed by atoms with Gasteiger partial charge < -0.3 is 4.42 Å². The summed E-state index contributed by atoms with van der Waals surface area (Å²) in [6.45, 7) is 0. The third-order valence-corrected chi connectivity index (χ3v) is 5.10. The van der Waals surface area contributed by atoms with Gasteiger partial charge in [0, 0.05) is 17.7 Å². The van der Waals surface area contributed by atoms with E-state index in [2.05, 4.69) is 10.1 Å². The molecule has 0 unspecified atom stereocenters. The van der Waals surface area contributed by atoms with E-state index in [4.69, 9.17) is 4.42 Å². The van der Waals surface area contributed by atoms with Crippen LogP contribution in [-0.2, 0) is 0 Å². The highest BCUT2D eigenvalue weighted by Gasteiger charge is 2.23. The number of nitro groups is 2. The van der Waals surface area contributed by atoms with Gasteiger partial charge in [-0.3, -0.25) is 25.0 Å². The first-order chi connectivity index (χ1) is 15.3. The number of amides is 1. The Labute approximate surface area is 181 Å². The minimum absolute atomic E-state index is 0.0132. The number of carbonyl (C=O) groups is 1. The second-order valence-corrected chi connectivity index (χ2v) is 7.22. The zero-order valence-electron chi connectivity index (χ0n) is 15.7. The lowest BCUT2D eigenvalue weighted by molar-refractivity contribution is -0.402. The molecule has 4 rings (SSSR count). The van der Waals surface area contributed by atoms with Gasteiger partial charge in [0.1, 0.15) is 10.7 Å². The van der Waals surface area contributed by atoms with Crippen LogP contribution < -0.4 is 5.01 Å². The standard InChI is InChI=1S/C19H10FN5O6S/c20-12-4-6-15-16(9-12)32-19(22-15)23(21-10-14-5-7-17(31-14)25(29)30)18(26)11-2-1-3-13(8-11)24(27)28/h1-10H/b21-10+. The van der Waals surface area contributed by atoms with E-state index in [1.54, 1.807) is 0 Å². The Kier molecular flexibility index (Phi) is 5.39. The first-order valence-electron chi connectivity index (χ1n) is 8.75. The predicted molar refractivity (Wildman–Crippen MR) is 112 cm³/mol. The molecular weight excluding hydrogens is 445 g/mol. The number of furan rings is 1. The van der Waals surface area contributed by atoms with Crippen LogP contribution in [0.3, 0.4) is 0 Å². The molecule has 0 radical (unpaired) electrons. The molecule has 160 valence electrons. The highest BCUT2D eigenvalue weighted by molar-refractivity contribution is 7.22. The highest BCUT2D eigenvalue weighted by Crippen LogP contribution is 2.31. The molecule has 13 heteroatoms. The van der Waals surface area contributed by atoms with Crippen molar-refractivity contribution in [3.05, 3.63) is 92.0 Å². The summed E-state index contributed by atoms with van der Waals surface area (Å²) in [6, 6.07) is 11.3. The van der Waals surface area contributed by atoms with Gasteiger partial charge in [-0.25, -0.2) is 9.37 Å². The molecule has 4 aromatic rings. The lowest BCUT2D eigenvalue weighted by atomic mass is 10.2. The van der Waals surface area contributed by atoms with Gasteiger partial charge in [0.05, 0.1) is 27.4 Å². The Morgan fingerprint density at radius 3 is 2.66 bits per heavy atom. The largest absolute Gasteiger partial charge is 0.433 e. The number of carbonyl (C=O) groups excluding carboxylic acids is 1. The second-order valence-electron chi connectivity index (χ2n) is 6.21. The Bertz CT molecular complexity index is 1400. The molecule has 32 heavy (non-hydrogen) atoms. The third kappa shape index (κ3) is 4.17. The van der Waals surface area contributed by atoms with E-state index >= 15 is 0 Å². The summed E-state index contributed by atoms with van der Waals surface area (Å²) in [5, 5.41) is 26.8. The van der Waals surface area contributed by atoms with Crippen LogP contribution in [-0.4, -0.2) is 27.0 Å². The molecule has 0 N–H and O–H groups in total. The van der Waals surface area contributed by atoms with E-state index in [-0.39, 0.29) is 22.1 Å². The summed E-state index contributed by atoms with van der Waals surface area (Å²) < 4.78 is 19.0.